The van der Waals surface area contributed by atoms with Crippen molar-refractivity contribution in [2.45, 2.75) is 16.8 Å². The van der Waals surface area contributed by atoms with Gasteiger partial charge in [-0.2, -0.15) is 0 Å². The molecule has 0 saturated carbocycles. The maximum Gasteiger partial charge on any atom is 0.257 e. The van der Waals surface area contributed by atoms with Crippen LogP contribution in [0.25, 0.3) is 22.3 Å². The molecule has 0 aliphatic carbocycles. The summed E-state index contributed by atoms with van der Waals surface area (Å²) in [7, 11) is 1.56. The lowest BCUT2D eigenvalue weighted by molar-refractivity contribution is -0.130. The average molecular weight is 488 g/mol. The number of ether oxygens (including phenoxy) is 1. The molecular weight excluding hydrogens is 462 g/mol. The van der Waals surface area contributed by atoms with Gasteiger partial charge in [0.2, 0.25) is 5.91 Å². The van der Waals surface area contributed by atoms with E-state index >= 15 is 0 Å². The second kappa shape index (κ2) is 9.79. The van der Waals surface area contributed by atoms with Crippen LogP contribution in [0.5, 0.6) is 5.75 Å². The fourth-order valence-corrected chi connectivity index (χ4v) is 4.99. The van der Waals surface area contributed by atoms with Crippen LogP contribution < -0.4 is 4.74 Å². The minimum Gasteiger partial charge on any atom is -0.496 e. The molecule has 1 saturated heterocycles. The van der Waals surface area contributed by atoms with Crippen molar-refractivity contribution in [3.05, 3.63) is 66.5 Å². The first-order valence-electron chi connectivity index (χ1n) is 11.3. The quantitative estimate of drug-likeness (QED) is 0.456. The third-order valence-electron chi connectivity index (χ3n) is 6.08. The Hall–Kier alpha value is -3.85. The Morgan fingerprint density at radius 2 is 1.77 bits per heavy atom. The Bertz CT molecular complexity index is 1380. The molecule has 0 radical (unpaired) electrons. The number of rotatable bonds is 5. The number of aromatic nitrogens is 3. The number of nitrogens with zero attached hydrogens (tertiary/aromatic N) is 4. The van der Waals surface area contributed by atoms with Crippen LogP contribution in [-0.2, 0) is 4.79 Å². The van der Waals surface area contributed by atoms with Crippen molar-refractivity contribution >= 4 is 34.7 Å². The van der Waals surface area contributed by atoms with E-state index in [0.29, 0.717) is 37.5 Å². The summed E-state index contributed by atoms with van der Waals surface area (Å²) >= 11 is 1.44. The molecule has 35 heavy (non-hydrogen) atoms. The molecule has 3 heterocycles. The number of amides is 2. The van der Waals surface area contributed by atoms with Gasteiger partial charge in [0.05, 0.1) is 18.9 Å². The SMILES string of the molecule is COc1ccc(Sc2cnc3[nH]cc(-c4ccccc4)c3n2)cc1C(=O)N1CCN(C(C)=O)CC1. The summed E-state index contributed by atoms with van der Waals surface area (Å²) in [5, 5.41) is 0.730. The van der Waals surface area contributed by atoms with Crippen LogP contribution in [0.4, 0.5) is 0 Å². The van der Waals surface area contributed by atoms with Crippen LogP contribution in [0.3, 0.4) is 0 Å². The van der Waals surface area contributed by atoms with E-state index in [-0.39, 0.29) is 11.8 Å². The highest BCUT2D eigenvalue weighted by molar-refractivity contribution is 7.99. The Labute approximate surface area is 207 Å². The number of hydrogen-bond acceptors (Lipinski definition) is 6. The molecule has 0 unspecified atom stereocenters. The highest BCUT2D eigenvalue weighted by Crippen LogP contribution is 2.33. The van der Waals surface area contributed by atoms with Crippen molar-refractivity contribution in [2.75, 3.05) is 33.3 Å². The van der Waals surface area contributed by atoms with Crippen molar-refractivity contribution in [3.8, 4) is 16.9 Å². The van der Waals surface area contributed by atoms with Gasteiger partial charge in [0.25, 0.3) is 5.91 Å². The summed E-state index contributed by atoms with van der Waals surface area (Å²) in [6.45, 7) is 3.62. The summed E-state index contributed by atoms with van der Waals surface area (Å²) in [6.07, 6.45) is 3.65. The number of H-pyrrole nitrogens is 1. The molecule has 0 atom stereocenters. The fourth-order valence-electron chi connectivity index (χ4n) is 4.20. The van der Waals surface area contributed by atoms with Crippen molar-refractivity contribution in [1.82, 2.24) is 24.8 Å². The first kappa shape index (κ1) is 22.9. The Morgan fingerprint density at radius 1 is 1.03 bits per heavy atom. The van der Waals surface area contributed by atoms with E-state index in [0.717, 1.165) is 32.2 Å². The van der Waals surface area contributed by atoms with E-state index < -0.39 is 0 Å². The van der Waals surface area contributed by atoms with Crippen LogP contribution in [0, 0.1) is 0 Å². The van der Waals surface area contributed by atoms with E-state index in [9.17, 15) is 9.59 Å². The summed E-state index contributed by atoms with van der Waals surface area (Å²) in [4.78, 5) is 41.9. The second-order valence-electron chi connectivity index (χ2n) is 8.24. The van der Waals surface area contributed by atoms with Crippen LogP contribution >= 0.6 is 11.8 Å². The monoisotopic (exact) mass is 487 g/mol. The largest absolute Gasteiger partial charge is 0.496 e. The Morgan fingerprint density at radius 3 is 2.49 bits per heavy atom. The zero-order valence-corrected chi connectivity index (χ0v) is 20.3. The molecule has 0 bridgehead atoms. The van der Waals surface area contributed by atoms with Crippen molar-refractivity contribution in [3.63, 3.8) is 0 Å². The molecule has 2 aromatic carbocycles. The fraction of sp³-hybridized carbons (Fsp3) is 0.231. The third-order valence-corrected chi connectivity index (χ3v) is 6.97. The van der Waals surface area contributed by atoms with E-state index in [4.69, 9.17) is 9.72 Å². The lowest BCUT2D eigenvalue weighted by Gasteiger charge is -2.34. The van der Waals surface area contributed by atoms with Gasteiger partial charge in [0, 0.05) is 49.8 Å². The van der Waals surface area contributed by atoms with Gasteiger partial charge in [-0.1, -0.05) is 42.1 Å². The molecule has 0 spiro atoms. The van der Waals surface area contributed by atoms with Gasteiger partial charge >= 0.3 is 0 Å². The van der Waals surface area contributed by atoms with Gasteiger partial charge in [0.15, 0.2) is 5.65 Å². The second-order valence-corrected chi connectivity index (χ2v) is 9.33. The van der Waals surface area contributed by atoms with E-state index in [1.54, 1.807) is 36.1 Å². The maximum atomic E-state index is 13.3. The molecule has 1 fully saturated rings. The first-order valence-corrected chi connectivity index (χ1v) is 12.2. The number of hydrogen-bond donors (Lipinski definition) is 1. The minimum atomic E-state index is -0.106. The number of carbonyl (C=O) groups excluding carboxylic acids is 2. The van der Waals surface area contributed by atoms with E-state index in [1.807, 2.05) is 48.7 Å². The van der Waals surface area contributed by atoms with Crippen molar-refractivity contribution in [2.24, 2.45) is 0 Å². The third kappa shape index (κ3) is 4.72. The summed E-state index contributed by atoms with van der Waals surface area (Å²) < 4.78 is 5.48. The number of fused-ring (bicyclic) bond motifs is 1. The van der Waals surface area contributed by atoms with E-state index in [2.05, 4.69) is 9.97 Å². The minimum absolute atomic E-state index is 0.0315. The van der Waals surface area contributed by atoms with Gasteiger partial charge in [0.1, 0.15) is 16.3 Å². The molecule has 4 aromatic rings. The maximum absolute atomic E-state index is 13.3. The molecular formula is C26H25N5O3S. The van der Waals surface area contributed by atoms with Crippen molar-refractivity contribution < 1.29 is 14.3 Å². The summed E-state index contributed by atoms with van der Waals surface area (Å²) in [5.41, 5.74) is 4.08. The van der Waals surface area contributed by atoms with Crippen LogP contribution in [0.2, 0.25) is 0 Å². The molecule has 2 amide bonds. The number of methoxy groups -OCH3 is 1. The van der Waals surface area contributed by atoms with E-state index in [1.165, 1.54) is 11.8 Å². The molecule has 8 nitrogen and oxygen atoms in total. The smallest absolute Gasteiger partial charge is 0.257 e. The predicted octanol–water partition coefficient (Wildman–Crippen LogP) is 4.09. The Kier molecular flexibility index (Phi) is 6.41. The number of aromatic amines is 1. The van der Waals surface area contributed by atoms with Gasteiger partial charge in [-0.05, 0) is 23.8 Å². The number of nitrogens with one attached hydrogen (secondary N) is 1. The normalized spacial score (nSPS) is 13.8. The van der Waals surface area contributed by atoms with Crippen LogP contribution in [-0.4, -0.2) is 69.9 Å². The molecule has 2 aromatic heterocycles. The first-order chi connectivity index (χ1) is 17.0. The molecule has 1 N–H and O–H groups in total. The summed E-state index contributed by atoms with van der Waals surface area (Å²) in [5.74, 6) is 0.446. The molecule has 1 aliphatic rings. The zero-order valence-electron chi connectivity index (χ0n) is 19.5. The van der Waals surface area contributed by atoms with Crippen molar-refractivity contribution in [1.29, 1.82) is 0 Å². The molecule has 178 valence electrons. The standard InChI is InChI=1S/C26H25N5O3S/c1-17(32)30-10-12-31(13-11-30)26(33)20-14-19(8-9-22(20)34-2)35-23-16-28-25-24(29-23)21(15-27-25)18-6-4-3-5-7-18/h3-9,14-16H,10-13H2,1-2H3,(H,27,28). The number of carbonyl (C=O) groups is 2. The predicted molar refractivity (Wildman–Crippen MR) is 135 cm³/mol. The van der Waals surface area contributed by atoms with Crippen LogP contribution in [0.1, 0.15) is 17.3 Å². The summed E-state index contributed by atoms with van der Waals surface area (Å²) in [6, 6.07) is 15.6. The lowest BCUT2D eigenvalue weighted by atomic mass is 10.1. The zero-order chi connectivity index (χ0) is 24.4. The number of benzene rings is 2. The van der Waals surface area contributed by atoms with Gasteiger partial charge < -0.3 is 19.5 Å². The van der Waals surface area contributed by atoms with Crippen LogP contribution in [0.15, 0.2) is 70.8 Å². The molecule has 9 heteroatoms. The average Bonchev–Trinajstić information content (AvgIpc) is 3.32. The Balaban J connectivity index is 1.40. The van der Waals surface area contributed by atoms with Gasteiger partial charge in [-0.25, -0.2) is 9.97 Å². The lowest BCUT2D eigenvalue weighted by Crippen LogP contribution is -2.50. The topological polar surface area (TPSA) is 91.4 Å². The number of piperazine rings is 1. The highest BCUT2D eigenvalue weighted by atomic mass is 32.2. The molecule has 5 rings (SSSR count). The van der Waals surface area contributed by atoms with Gasteiger partial charge in [-0.15, -0.1) is 0 Å². The highest BCUT2D eigenvalue weighted by Gasteiger charge is 2.25. The molecule has 1 aliphatic heterocycles. The van der Waals surface area contributed by atoms with Gasteiger partial charge in [-0.3, -0.25) is 9.59 Å².